The summed E-state index contributed by atoms with van der Waals surface area (Å²) in [6.45, 7) is 4.12. The van der Waals surface area contributed by atoms with Crippen molar-refractivity contribution in [2.75, 3.05) is 31.1 Å². The van der Waals surface area contributed by atoms with Gasteiger partial charge < -0.3 is 19.5 Å². The SMILES string of the molecule is O=C([O-])c1c(Cl)c(Cl)c(Cl)c(Cl)c1C1=c2cc3c4c(c2Oc2c1cc1c5c2CCCCN5CCC1)CCCC[N+]=4CCC3. The Morgan fingerprint density at radius 1 is 0.767 bits per heavy atom. The van der Waals surface area contributed by atoms with Crippen molar-refractivity contribution in [3.05, 3.63) is 81.7 Å². The van der Waals surface area contributed by atoms with Crippen LogP contribution in [0.3, 0.4) is 0 Å². The van der Waals surface area contributed by atoms with Crippen LogP contribution in [-0.4, -0.2) is 32.1 Å². The summed E-state index contributed by atoms with van der Waals surface area (Å²) in [5.74, 6) is 0.132. The molecule has 43 heavy (non-hydrogen) atoms. The number of carboxylic acids is 1. The maximum Gasteiger partial charge on any atom is 0.210 e. The van der Waals surface area contributed by atoms with Crippen molar-refractivity contribution in [3.8, 4) is 11.5 Å². The molecule has 0 saturated heterocycles. The van der Waals surface area contributed by atoms with Gasteiger partial charge >= 0.3 is 0 Å². The van der Waals surface area contributed by atoms with Gasteiger partial charge in [0.1, 0.15) is 24.6 Å². The number of fused-ring (bicyclic) bond motifs is 4. The number of rotatable bonds is 2. The van der Waals surface area contributed by atoms with Crippen LogP contribution < -0.4 is 29.9 Å². The molecule has 5 aliphatic rings. The van der Waals surface area contributed by atoms with E-state index in [1.165, 1.54) is 33.3 Å². The second kappa shape index (κ2) is 10.6. The summed E-state index contributed by atoms with van der Waals surface area (Å²) in [6.07, 6.45) is 10.1. The Balaban J connectivity index is 1.59. The monoisotopic (exact) mass is 654 g/mol. The largest absolute Gasteiger partial charge is 0.545 e. The first-order valence-electron chi connectivity index (χ1n) is 15.4. The molecule has 0 N–H and O–H groups in total. The Kier molecular flexibility index (Phi) is 6.91. The van der Waals surface area contributed by atoms with Crippen LogP contribution in [0.5, 0.6) is 11.5 Å². The third-order valence-corrected chi connectivity index (χ3v) is 11.7. The van der Waals surface area contributed by atoms with E-state index in [-0.39, 0.29) is 31.2 Å². The Morgan fingerprint density at radius 3 is 2.33 bits per heavy atom. The van der Waals surface area contributed by atoms with Crippen LogP contribution in [0.25, 0.3) is 5.57 Å². The molecular formula is C34H30Cl4N2O3. The highest BCUT2D eigenvalue weighted by Gasteiger charge is 2.37. The second-order valence-electron chi connectivity index (χ2n) is 12.3. The van der Waals surface area contributed by atoms with E-state index < -0.39 is 5.97 Å². The Hall–Kier alpha value is -2.44. The minimum atomic E-state index is -1.45. The summed E-state index contributed by atoms with van der Waals surface area (Å²) in [4.78, 5) is 15.3. The lowest BCUT2D eigenvalue weighted by molar-refractivity contribution is -0.255. The van der Waals surface area contributed by atoms with Gasteiger partial charge in [0.15, 0.2) is 0 Å². The minimum Gasteiger partial charge on any atom is -0.545 e. The molecule has 0 aromatic heterocycles. The van der Waals surface area contributed by atoms with Gasteiger partial charge in [-0.15, -0.1) is 0 Å². The molecule has 0 bridgehead atoms. The minimum absolute atomic E-state index is 0.0278. The number of nitrogens with zero attached hydrogens (tertiary/aromatic N) is 2. The van der Waals surface area contributed by atoms with Gasteiger partial charge in [-0.3, -0.25) is 0 Å². The summed E-state index contributed by atoms with van der Waals surface area (Å²) in [6, 6.07) is 4.39. The van der Waals surface area contributed by atoms with Crippen LogP contribution in [-0.2, 0) is 25.7 Å². The molecule has 0 saturated carbocycles. The topological polar surface area (TPSA) is 55.6 Å². The quantitative estimate of drug-likeness (QED) is 0.154. The molecule has 5 nitrogen and oxygen atoms in total. The van der Waals surface area contributed by atoms with Crippen molar-refractivity contribution in [1.82, 2.24) is 4.58 Å². The van der Waals surface area contributed by atoms with Crippen molar-refractivity contribution in [2.45, 2.75) is 64.2 Å². The van der Waals surface area contributed by atoms with Gasteiger partial charge in [0.2, 0.25) is 5.36 Å². The number of hydrogen-bond donors (Lipinski definition) is 0. The second-order valence-corrected chi connectivity index (χ2v) is 13.9. The smallest absolute Gasteiger partial charge is 0.210 e. The number of benzene rings is 3. The van der Waals surface area contributed by atoms with Crippen molar-refractivity contribution < 1.29 is 14.6 Å². The highest BCUT2D eigenvalue weighted by Crippen LogP contribution is 2.51. The summed E-state index contributed by atoms with van der Waals surface area (Å²) in [5.41, 5.74) is 7.70. The van der Waals surface area contributed by atoms with Crippen LogP contribution in [0, 0.1) is 0 Å². The predicted molar refractivity (Wildman–Crippen MR) is 170 cm³/mol. The number of hydrogen-bond acceptors (Lipinski definition) is 4. The number of carbonyl (C=O) groups excluding carboxylic acids is 1. The Morgan fingerprint density at radius 2 is 1.49 bits per heavy atom. The van der Waals surface area contributed by atoms with E-state index in [0.717, 1.165) is 113 Å². The van der Waals surface area contributed by atoms with Crippen LogP contribution in [0.4, 0.5) is 5.69 Å². The number of aryl methyl sites for hydroxylation is 2. The van der Waals surface area contributed by atoms with E-state index in [1.54, 1.807) is 0 Å². The molecule has 3 aromatic rings. The first kappa shape index (κ1) is 28.1. The van der Waals surface area contributed by atoms with E-state index in [1.807, 2.05) is 0 Å². The summed E-state index contributed by atoms with van der Waals surface area (Å²) in [7, 11) is 0. The molecule has 5 heterocycles. The van der Waals surface area contributed by atoms with Crippen LogP contribution >= 0.6 is 46.4 Å². The lowest BCUT2D eigenvalue weighted by atomic mass is 9.83. The third-order valence-electron chi connectivity index (χ3n) is 9.91. The van der Waals surface area contributed by atoms with Crippen molar-refractivity contribution >= 4 is 63.6 Å². The summed E-state index contributed by atoms with van der Waals surface area (Å²) >= 11 is 26.7. The lowest BCUT2D eigenvalue weighted by Crippen LogP contribution is -2.41. The van der Waals surface area contributed by atoms with Crippen LogP contribution in [0.2, 0.25) is 20.1 Å². The van der Waals surface area contributed by atoms with Gasteiger partial charge in [-0.05, 0) is 69.1 Å². The molecule has 0 fully saturated rings. The maximum absolute atomic E-state index is 12.8. The molecule has 8 rings (SSSR count). The number of carbonyl (C=O) groups is 1. The molecule has 3 aromatic carbocycles. The molecule has 0 radical (unpaired) electrons. The van der Waals surface area contributed by atoms with Crippen molar-refractivity contribution in [3.63, 3.8) is 0 Å². The zero-order chi connectivity index (χ0) is 29.6. The number of ether oxygens (including phenoxy) is 1. The molecule has 0 aliphatic carbocycles. The number of halogens is 4. The molecule has 222 valence electrons. The fraction of sp³-hybridized carbons (Fsp3) is 0.412. The van der Waals surface area contributed by atoms with E-state index in [4.69, 9.17) is 51.1 Å². The number of aromatic carboxylic acids is 1. The molecule has 0 spiro atoms. The molecule has 5 aliphatic heterocycles. The normalized spacial score (nSPS) is 18.6. The zero-order valence-corrected chi connectivity index (χ0v) is 26.7. The van der Waals surface area contributed by atoms with Gasteiger partial charge in [0.05, 0.1) is 31.6 Å². The lowest BCUT2D eigenvalue weighted by Gasteiger charge is -2.35. The molecule has 0 unspecified atom stereocenters. The van der Waals surface area contributed by atoms with E-state index in [0.29, 0.717) is 5.57 Å². The highest BCUT2D eigenvalue weighted by atomic mass is 35.5. The number of anilines is 1. The van der Waals surface area contributed by atoms with Gasteiger partial charge in [0, 0.05) is 70.2 Å². The summed E-state index contributed by atoms with van der Waals surface area (Å²) < 4.78 is 9.65. The predicted octanol–water partition coefficient (Wildman–Crippen LogP) is 5.88. The van der Waals surface area contributed by atoms with E-state index in [2.05, 4.69) is 21.6 Å². The van der Waals surface area contributed by atoms with Crippen molar-refractivity contribution in [2.24, 2.45) is 0 Å². The van der Waals surface area contributed by atoms with Crippen LogP contribution in [0.1, 0.15) is 82.3 Å². The van der Waals surface area contributed by atoms with Crippen LogP contribution in [0.15, 0.2) is 12.1 Å². The highest BCUT2D eigenvalue weighted by molar-refractivity contribution is 6.53. The van der Waals surface area contributed by atoms with Gasteiger partial charge in [0.25, 0.3) is 0 Å². The average molecular weight is 656 g/mol. The number of carboxylic acid groups (broad SMARTS) is 1. The fourth-order valence-electron chi connectivity index (χ4n) is 8.16. The standard InChI is InChI=1S/C34H30Cl4N2O3/c35-26-24(25(34(41)42)27(36)29(38)28(26)37)23-21-15-17-7-5-13-39-11-3-1-9-19(30(17)39)32(21)43-33-20-10-2-4-12-40-14-6-8-18(31(20)40)16-22(23)33/h15-16H,1-14H2. The molecule has 9 heteroatoms. The van der Waals surface area contributed by atoms with Crippen molar-refractivity contribution in [1.29, 1.82) is 0 Å². The first-order valence-corrected chi connectivity index (χ1v) is 16.9. The van der Waals surface area contributed by atoms with E-state index in [9.17, 15) is 9.90 Å². The molecule has 0 amide bonds. The third kappa shape index (κ3) is 4.18. The Labute approximate surface area is 270 Å². The molecule has 0 atom stereocenters. The average Bonchev–Trinajstić information content (AvgIpc) is 3.36. The van der Waals surface area contributed by atoms with Gasteiger partial charge in [-0.2, -0.15) is 0 Å². The molecular weight excluding hydrogens is 626 g/mol. The van der Waals surface area contributed by atoms with Gasteiger partial charge in [-0.1, -0.05) is 46.4 Å². The Bertz CT molecular complexity index is 1900. The summed E-state index contributed by atoms with van der Waals surface area (Å²) in [5, 5.41) is 14.8. The van der Waals surface area contributed by atoms with E-state index >= 15 is 0 Å². The maximum atomic E-state index is 12.8. The zero-order valence-electron chi connectivity index (χ0n) is 23.7. The van der Waals surface area contributed by atoms with Gasteiger partial charge in [-0.25, -0.2) is 4.58 Å². The first-order chi connectivity index (χ1) is 20.8. The fourth-order valence-corrected chi connectivity index (χ4v) is 9.18.